The first-order chi connectivity index (χ1) is 13.7. The molecular weight excluding hydrogens is 354 g/mol. The lowest BCUT2D eigenvalue weighted by Gasteiger charge is -2.09. The number of aromatic nitrogens is 4. The zero-order valence-electron chi connectivity index (χ0n) is 15.1. The second kappa shape index (κ2) is 7.71. The first kappa shape index (κ1) is 17.4. The fourth-order valence-electron chi connectivity index (χ4n) is 2.66. The molecule has 0 atom stereocenters. The van der Waals surface area contributed by atoms with Crippen LogP contribution in [0.4, 0.5) is 5.69 Å². The second-order valence-corrected chi connectivity index (χ2v) is 6.00. The summed E-state index contributed by atoms with van der Waals surface area (Å²) in [6, 6.07) is 16.3. The van der Waals surface area contributed by atoms with Gasteiger partial charge in [-0.25, -0.2) is 9.97 Å². The molecule has 0 aliphatic carbocycles. The van der Waals surface area contributed by atoms with Gasteiger partial charge < -0.3 is 14.6 Å². The monoisotopic (exact) mass is 371 g/mol. The summed E-state index contributed by atoms with van der Waals surface area (Å²) in [6.07, 6.45) is 6.68. The highest BCUT2D eigenvalue weighted by molar-refractivity contribution is 6.03. The average molecular weight is 371 g/mol. The van der Waals surface area contributed by atoms with Crippen LogP contribution in [0.25, 0.3) is 5.69 Å². The number of carbonyl (C=O) groups is 1. The summed E-state index contributed by atoms with van der Waals surface area (Å²) in [5, 5.41) is 2.79. The molecule has 0 saturated heterocycles. The summed E-state index contributed by atoms with van der Waals surface area (Å²) in [4.78, 5) is 25.1. The van der Waals surface area contributed by atoms with Gasteiger partial charge in [-0.15, -0.1) is 0 Å². The SMILES string of the molecule is Cc1nccn1-c1ccnc(C(=O)Nc2ccc(Oc3ccccc3)nc2)c1. The van der Waals surface area contributed by atoms with Crippen LogP contribution in [0.2, 0.25) is 0 Å². The van der Waals surface area contributed by atoms with Crippen molar-refractivity contribution in [1.29, 1.82) is 0 Å². The highest BCUT2D eigenvalue weighted by Gasteiger charge is 2.10. The molecule has 0 aliphatic rings. The van der Waals surface area contributed by atoms with Crippen LogP contribution in [0.1, 0.15) is 16.3 Å². The topological polar surface area (TPSA) is 81.9 Å². The fraction of sp³-hybridized carbons (Fsp3) is 0.0476. The van der Waals surface area contributed by atoms with Crippen molar-refractivity contribution in [2.45, 2.75) is 6.92 Å². The van der Waals surface area contributed by atoms with Crippen LogP contribution in [0.5, 0.6) is 11.6 Å². The Labute approximate surface area is 161 Å². The lowest BCUT2D eigenvalue weighted by molar-refractivity contribution is 0.102. The highest BCUT2D eigenvalue weighted by Crippen LogP contribution is 2.20. The molecule has 1 aromatic carbocycles. The van der Waals surface area contributed by atoms with E-state index in [1.807, 2.05) is 54.1 Å². The summed E-state index contributed by atoms with van der Waals surface area (Å²) in [6.45, 7) is 1.89. The molecular formula is C21H17N5O2. The first-order valence-corrected chi connectivity index (χ1v) is 8.66. The predicted octanol–water partition coefficient (Wildman–Crippen LogP) is 4.02. The number of hydrogen-bond acceptors (Lipinski definition) is 5. The smallest absolute Gasteiger partial charge is 0.274 e. The molecule has 4 aromatic rings. The van der Waals surface area contributed by atoms with Gasteiger partial charge in [-0.05, 0) is 37.3 Å². The third-order valence-electron chi connectivity index (χ3n) is 4.04. The van der Waals surface area contributed by atoms with Crippen LogP contribution in [0, 0.1) is 6.92 Å². The van der Waals surface area contributed by atoms with Crippen molar-refractivity contribution < 1.29 is 9.53 Å². The van der Waals surface area contributed by atoms with E-state index in [0.29, 0.717) is 23.0 Å². The van der Waals surface area contributed by atoms with Gasteiger partial charge >= 0.3 is 0 Å². The number of nitrogens with zero attached hydrogens (tertiary/aromatic N) is 4. The number of carbonyl (C=O) groups excluding carboxylic acids is 1. The molecule has 0 fully saturated rings. The van der Waals surface area contributed by atoms with E-state index < -0.39 is 0 Å². The Kier molecular flexibility index (Phi) is 4.79. The molecule has 138 valence electrons. The van der Waals surface area contributed by atoms with Crippen molar-refractivity contribution in [3.8, 4) is 17.3 Å². The lowest BCUT2D eigenvalue weighted by Crippen LogP contribution is -2.14. The van der Waals surface area contributed by atoms with E-state index >= 15 is 0 Å². The predicted molar refractivity (Wildman–Crippen MR) is 105 cm³/mol. The Morgan fingerprint density at radius 2 is 1.86 bits per heavy atom. The second-order valence-electron chi connectivity index (χ2n) is 6.00. The summed E-state index contributed by atoms with van der Waals surface area (Å²) >= 11 is 0. The molecule has 3 heterocycles. The summed E-state index contributed by atoms with van der Waals surface area (Å²) < 4.78 is 7.53. The highest BCUT2D eigenvalue weighted by atomic mass is 16.5. The third-order valence-corrected chi connectivity index (χ3v) is 4.04. The van der Waals surface area contributed by atoms with Crippen LogP contribution in [0.15, 0.2) is 79.4 Å². The van der Waals surface area contributed by atoms with E-state index in [1.165, 1.54) is 0 Å². The molecule has 3 aromatic heterocycles. The lowest BCUT2D eigenvalue weighted by atomic mass is 10.3. The number of imidazole rings is 1. The quantitative estimate of drug-likeness (QED) is 0.573. The Balaban J connectivity index is 1.46. The molecule has 0 saturated carbocycles. The van der Waals surface area contributed by atoms with Crippen molar-refractivity contribution in [2.24, 2.45) is 0 Å². The van der Waals surface area contributed by atoms with Crippen LogP contribution >= 0.6 is 0 Å². The summed E-state index contributed by atoms with van der Waals surface area (Å²) in [5.41, 5.74) is 1.67. The van der Waals surface area contributed by atoms with E-state index in [4.69, 9.17) is 4.74 Å². The van der Waals surface area contributed by atoms with Gasteiger partial charge in [0.2, 0.25) is 5.88 Å². The number of para-hydroxylation sites is 1. The Bertz CT molecular complexity index is 1090. The Hall–Kier alpha value is -4.00. The van der Waals surface area contributed by atoms with Crippen molar-refractivity contribution in [3.63, 3.8) is 0 Å². The maximum atomic E-state index is 12.5. The number of hydrogen-bond donors (Lipinski definition) is 1. The standard InChI is InChI=1S/C21H17N5O2/c1-15-22-11-12-26(15)17-9-10-23-19(13-17)21(27)25-16-7-8-20(24-14-16)28-18-5-3-2-4-6-18/h2-14H,1H3,(H,25,27). The van der Waals surface area contributed by atoms with Gasteiger partial charge in [-0.1, -0.05) is 18.2 Å². The van der Waals surface area contributed by atoms with Crippen LogP contribution in [-0.2, 0) is 0 Å². The van der Waals surface area contributed by atoms with E-state index in [0.717, 1.165) is 11.5 Å². The molecule has 0 radical (unpaired) electrons. The molecule has 7 nitrogen and oxygen atoms in total. The fourth-order valence-corrected chi connectivity index (χ4v) is 2.66. The maximum absolute atomic E-state index is 12.5. The van der Waals surface area contributed by atoms with Gasteiger partial charge in [0.05, 0.1) is 17.6 Å². The molecule has 0 aliphatic heterocycles. The number of amides is 1. The third kappa shape index (κ3) is 3.88. The van der Waals surface area contributed by atoms with E-state index in [9.17, 15) is 4.79 Å². The van der Waals surface area contributed by atoms with Crippen molar-refractivity contribution in [2.75, 3.05) is 5.32 Å². The largest absolute Gasteiger partial charge is 0.439 e. The van der Waals surface area contributed by atoms with E-state index in [-0.39, 0.29) is 5.91 Å². The molecule has 28 heavy (non-hydrogen) atoms. The average Bonchev–Trinajstić information content (AvgIpc) is 3.16. The van der Waals surface area contributed by atoms with Crippen molar-refractivity contribution >= 4 is 11.6 Å². The molecule has 1 N–H and O–H groups in total. The van der Waals surface area contributed by atoms with Crippen LogP contribution in [0.3, 0.4) is 0 Å². The molecule has 4 rings (SSSR count). The van der Waals surface area contributed by atoms with E-state index in [1.54, 1.807) is 36.8 Å². The van der Waals surface area contributed by atoms with Gasteiger partial charge in [0.25, 0.3) is 5.91 Å². The van der Waals surface area contributed by atoms with Gasteiger partial charge in [0.1, 0.15) is 17.3 Å². The minimum absolute atomic E-state index is 0.301. The number of ether oxygens (including phenoxy) is 1. The number of benzene rings is 1. The number of rotatable bonds is 5. The molecule has 0 bridgehead atoms. The zero-order valence-corrected chi connectivity index (χ0v) is 15.1. The number of nitrogens with one attached hydrogen (secondary N) is 1. The minimum Gasteiger partial charge on any atom is -0.439 e. The maximum Gasteiger partial charge on any atom is 0.274 e. The number of aryl methyl sites for hydroxylation is 1. The van der Waals surface area contributed by atoms with Crippen LogP contribution < -0.4 is 10.1 Å². The first-order valence-electron chi connectivity index (χ1n) is 8.66. The Morgan fingerprint density at radius 1 is 1.00 bits per heavy atom. The summed E-state index contributed by atoms with van der Waals surface area (Å²) in [7, 11) is 0. The van der Waals surface area contributed by atoms with Gasteiger partial charge in [-0.3, -0.25) is 9.78 Å². The zero-order chi connectivity index (χ0) is 19.3. The minimum atomic E-state index is -0.321. The number of pyridine rings is 2. The number of anilines is 1. The van der Waals surface area contributed by atoms with E-state index in [2.05, 4.69) is 20.3 Å². The molecule has 1 amide bonds. The summed E-state index contributed by atoms with van der Waals surface area (Å²) in [5.74, 6) is 1.65. The molecule has 0 spiro atoms. The van der Waals surface area contributed by atoms with Gasteiger partial charge in [0, 0.05) is 24.7 Å². The normalized spacial score (nSPS) is 10.5. The van der Waals surface area contributed by atoms with Crippen molar-refractivity contribution in [3.05, 3.63) is 90.9 Å². The molecule has 0 unspecified atom stereocenters. The van der Waals surface area contributed by atoms with Crippen LogP contribution in [-0.4, -0.2) is 25.4 Å². The van der Waals surface area contributed by atoms with Gasteiger partial charge in [0.15, 0.2) is 0 Å². The van der Waals surface area contributed by atoms with Crippen molar-refractivity contribution in [1.82, 2.24) is 19.5 Å². The van der Waals surface area contributed by atoms with Gasteiger partial charge in [-0.2, -0.15) is 0 Å². The Morgan fingerprint density at radius 3 is 2.57 bits per heavy atom. The molecule has 7 heteroatoms.